The van der Waals surface area contributed by atoms with Gasteiger partial charge in [-0.2, -0.15) is 0 Å². The highest BCUT2D eigenvalue weighted by atomic mass is 15.2. The average Bonchev–Trinajstić information content (AvgIpc) is 2.34. The molecular formula is C16H34N4. The standard InChI is InChI=1S/C8H17N3.C8H17N/c1-7(2,3)6-8(4,5)10-11-9;1-7(2)5-8(3,4)9-6-7/h6H2,1-5H3;9H,5-6H2,1-4H3. The molecule has 1 aliphatic rings. The normalized spacial score (nSPS) is 20.6. The highest BCUT2D eigenvalue weighted by Gasteiger charge is 2.35. The van der Waals surface area contributed by atoms with Crippen LogP contribution in [-0.2, 0) is 0 Å². The van der Waals surface area contributed by atoms with Gasteiger partial charge in [0.15, 0.2) is 0 Å². The maximum Gasteiger partial charge on any atom is 0.0437 e. The smallest absolute Gasteiger partial charge is 0.0437 e. The Bertz CT molecular complexity index is 341. The van der Waals surface area contributed by atoms with Crippen molar-refractivity contribution in [2.24, 2.45) is 15.9 Å². The van der Waals surface area contributed by atoms with Gasteiger partial charge in [-0.25, -0.2) is 0 Å². The topological polar surface area (TPSA) is 60.8 Å². The lowest BCUT2D eigenvalue weighted by Gasteiger charge is -2.27. The van der Waals surface area contributed by atoms with Crippen LogP contribution in [0.15, 0.2) is 5.11 Å². The largest absolute Gasteiger partial charge is 0.311 e. The molecule has 1 heterocycles. The molecule has 0 radical (unpaired) electrons. The molecular weight excluding hydrogens is 248 g/mol. The maximum atomic E-state index is 8.26. The van der Waals surface area contributed by atoms with E-state index in [-0.39, 0.29) is 11.0 Å². The first-order chi connectivity index (χ1) is 8.68. The average molecular weight is 282 g/mol. The highest BCUT2D eigenvalue weighted by molar-refractivity contribution is 4.94. The lowest BCUT2D eigenvalue weighted by Crippen LogP contribution is -2.31. The molecule has 1 saturated heterocycles. The van der Waals surface area contributed by atoms with Crippen LogP contribution < -0.4 is 5.32 Å². The summed E-state index contributed by atoms with van der Waals surface area (Å²) in [4.78, 5) is 2.82. The van der Waals surface area contributed by atoms with Crippen LogP contribution in [0.1, 0.15) is 75.2 Å². The van der Waals surface area contributed by atoms with E-state index in [0.29, 0.717) is 11.0 Å². The van der Waals surface area contributed by atoms with Gasteiger partial charge in [0.2, 0.25) is 0 Å². The molecule has 118 valence electrons. The maximum absolute atomic E-state index is 8.26. The van der Waals surface area contributed by atoms with Crippen LogP contribution in [-0.4, -0.2) is 17.6 Å². The number of hydrogen-bond acceptors (Lipinski definition) is 2. The predicted molar refractivity (Wildman–Crippen MR) is 87.8 cm³/mol. The summed E-state index contributed by atoms with van der Waals surface area (Å²) in [5, 5.41) is 7.21. The van der Waals surface area contributed by atoms with E-state index in [2.05, 4.69) is 63.8 Å². The number of nitrogens with zero attached hydrogens (tertiary/aromatic N) is 3. The van der Waals surface area contributed by atoms with Gasteiger partial charge in [-0.1, -0.05) is 53.6 Å². The molecule has 4 nitrogen and oxygen atoms in total. The second-order valence-electron chi connectivity index (χ2n) is 9.32. The fourth-order valence-corrected chi connectivity index (χ4v) is 3.25. The molecule has 4 heteroatoms. The van der Waals surface area contributed by atoms with Crippen molar-refractivity contribution in [1.29, 1.82) is 0 Å². The third-order valence-electron chi connectivity index (χ3n) is 3.24. The Morgan fingerprint density at radius 2 is 1.60 bits per heavy atom. The van der Waals surface area contributed by atoms with Crippen molar-refractivity contribution in [1.82, 2.24) is 5.32 Å². The summed E-state index contributed by atoms with van der Waals surface area (Å²) < 4.78 is 0. The minimum Gasteiger partial charge on any atom is -0.311 e. The summed E-state index contributed by atoms with van der Waals surface area (Å²) in [6, 6.07) is 0. The molecule has 0 saturated carbocycles. The zero-order valence-electron chi connectivity index (χ0n) is 15.0. The summed E-state index contributed by atoms with van der Waals surface area (Å²) >= 11 is 0. The molecule has 0 aliphatic carbocycles. The van der Waals surface area contributed by atoms with Crippen molar-refractivity contribution >= 4 is 0 Å². The van der Waals surface area contributed by atoms with Crippen LogP contribution >= 0.6 is 0 Å². The molecule has 0 amide bonds. The minimum atomic E-state index is -0.257. The van der Waals surface area contributed by atoms with E-state index >= 15 is 0 Å². The molecule has 0 unspecified atom stereocenters. The fraction of sp³-hybridized carbons (Fsp3) is 1.00. The number of nitrogens with one attached hydrogen (secondary N) is 1. The van der Waals surface area contributed by atoms with Gasteiger partial charge in [-0.15, -0.1) is 0 Å². The van der Waals surface area contributed by atoms with Gasteiger partial charge >= 0.3 is 0 Å². The molecule has 0 aromatic heterocycles. The Balaban J connectivity index is 0.000000367. The van der Waals surface area contributed by atoms with E-state index in [1.165, 1.54) is 13.0 Å². The van der Waals surface area contributed by atoms with Crippen LogP contribution in [0.25, 0.3) is 10.4 Å². The van der Waals surface area contributed by atoms with Crippen molar-refractivity contribution in [2.75, 3.05) is 6.54 Å². The van der Waals surface area contributed by atoms with Crippen molar-refractivity contribution in [2.45, 2.75) is 86.2 Å². The van der Waals surface area contributed by atoms with Crippen LogP contribution in [0.5, 0.6) is 0 Å². The van der Waals surface area contributed by atoms with E-state index in [0.717, 1.165) is 6.42 Å². The van der Waals surface area contributed by atoms with Gasteiger partial charge in [-0.3, -0.25) is 0 Å². The van der Waals surface area contributed by atoms with Crippen LogP contribution in [0.3, 0.4) is 0 Å². The van der Waals surface area contributed by atoms with Crippen molar-refractivity contribution in [3.05, 3.63) is 10.4 Å². The first-order valence-electron chi connectivity index (χ1n) is 7.49. The van der Waals surface area contributed by atoms with Gasteiger partial charge in [0, 0.05) is 22.5 Å². The number of rotatable bonds is 2. The van der Waals surface area contributed by atoms with Crippen molar-refractivity contribution < 1.29 is 0 Å². The first-order valence-corrected chi connectivity index (χ1v) is 7.49. The van der Waals surface area contributed by atoms with Crippen LogP contribution in [0, 0.1) is 10.8 Å². The summed E-state index contributed by atoms with van der Waals surface area (Å²) in [6.07, 6.45) is 2.20. The Hall–Kier alpha value is -0.730. The zero-order chi connectivity index (χ0) is 16.2. The predicted octanol–water partition coefficient (Wildman–Crippen LogP) is 5.30. The van der Waals surface area contributed by atoms with E-state index < -0.39 is 0 Å². The minimum absolute atomic E-state index is 0.220. The monoisotopic (exact) mass is 282 g/mol. The molecule has 0 spiro atoms. The first kappa shape index (κ1) is 19.3. The van der Waals surface area contributed by atoms with Crippen LogP contribution in [0.4, 0.5) is 0 Å². The molecule has 1 fully saturated rings. The van der Waals surface area contributed by atoms with Gasteiger partial charge in [0.25, 0.3) is 0 Å². The molecule has 1 rings (SSSR count). The second-order valence-corrected chi connectivity index (χ2v) is 9.32. The summed E-state index contributed by atoms with van der Waals surface area (Å²) in [5.74, 6) is 0. The quantitative estimate of drug-likeness (QED) is 0.417. The van der Waals surface area contributed by atoms with Gasteiger partial charge in [-0.05, 0) is 43.1 Å². The molecule has 20 heavy (non-hydrogen) atoms. The Morgan fingerprint density at radius 3 is 1.80 bits per heavy atom. The third-order valence-corrected chi connectivity index (χ3v) is 3.24. The second kappa shape index (κ2) is 6.36. The van der Waals surface area contributed by atoms with Crippen LogP contribution in [0.2, 0.25) is 0 Å². The van der Waals surface area contributed by atoms with Crippen molar-refractivity contribution in [3.63, 3.8) is 0 Å². The fourth-order valence-electron chi connectivity index (χ4n) is 3.25. The SMILES string of the molecule is CC(C)(C)CC(C)(C)N=[N+]=[N-].CC1(C)CNC(C)(C)C1. The molecule has 1 N–H and O–H groups in total. The zero-order valence-corrected chi connectivity index (χ0v) is 15.0. The lowest BCUT2D eigenvalue weighted by atomic mass is 9.82. The summed E-state index contributed by atoms with van der Waals surface area (Å²) in [5.41, 5.74) is 9.12. The van der Waals surface area contributed by atoms with Crippen molar-refractivity contribution in [3.8, 4) is 0 Å². The molecule has 0 aromatic carbocycles. The Morgan fingerprint density at radius 1 is 1.10 bits per heavy atom. The highest BCUT2D eigenvalue weighted by Crippen LogP contribution is 2.33. The summed E-state index contributed by atoms with van der Waals surface area (Å²) in [6.45, 7) is 20.7. The van der Waals surface area contributed by atoms with E-state index in [4.69, 9.17) is 5.53 Å². The molecule has 0 atom stereocenters. The van der Waals surface area contributed by atoms with E-state index in [1.807, 2.05) is 13.8 Å². The molecule has 0 aromatic rings. The Labute approximate surface area is 125 Å². The lowest BCUT2D eigenvalue weighted by molar-refractivity contribution is 0.286. The summed E-state index contributed by atoms with van der Waals surface area (Å²) in [7, 11) is 0. The molecule has 0 bridgehead atoms. The van der Waals surface area contributed by atoms with Gasteiger partial charge < -0.3 is 5.32 Å². The van der Waals surface area contributed by atoms with Gasteiger partial charge in [0.05, 0.1) is 0 Å². The Kier molecular flexibility index (Phi) is 6.13. The third kappa shape index (κ3) is 9.22. The number of azide groups is 1. The van der Waals surface area contributed by atoms with E-state index in [1.54, 1.807) is 0 Å². The number of hydrogen-bond donors (Lipinski definition) is 1. The van der Waals surface area contributed by atoms with Gasteiger partial charge in [0.1, 0.15) is 0 Å². The van der Waals surface area contributed by atoms with E-state index in [9.17, 15) is 0 Å². The molecule has 1 aliphatic heterocycles.